The Balaban J connectivity index is 2.20. The zero-order valence-electron chi connectivity index (χ0n) is 7.14. The maximum Gasteiger partial charge on any atom is 0.373 e. The van der Waals surface area contributed by atoms with Gasteiger partial charge in [0, 0.05) is 0 Å². The Hall–Kier alpha value is -0.0551. The molecule has 0 aromatic heterocycles. The van der Waals surface area contributed by atoms with Gasteiger partial charge >= 0.3 is 7.05 Å². The van der Waals surface area contributed by atoms with Crippen molar-refractivity contribution >= 4 is 7.05 Å². The third-order valence-electron chi connectivity index (χ3n) is 2.05. The quantitative estimate of drug-likeness (QED) is 0.486. The summed E-state index contributed by atoms with van der Waals surface area (Å²) in [4.78, 5) is 0. The Morgan fingerprint density at radius 3 is 3.00 bits per heavy atom. The highest BCUT2D eigenvalue weighted by molar-refractivity contribution is 6.45. The van der Waals surface area contributed by atoms with Crippen LogP contribution in [0.1, 0.15) is 19.3 Å². The van der Waals surface area contributed by atoms with E-state index in [1.165, 1.54) is 12.8 Å². The summed E-state index contributed by atoms with van der Waals surface area (Å²) in [6.45, 7) is 3.97. The van der Waals surface area contributed by atoms with Gasteiger partial charge in [-0.2, -0.15) is 0 Å². The first kappa shape index (κ1) is 9.04. The van der Waals surface area contributed by atoms with Gasteiger partial charge in [-0.3, -0.25) is 0 Å². The Bertz CT molecular complexity index is 103. The molecule has 11 heavy (non-hydrogen) atoms. The molecule has 0 aromatic carbocycles. The van der Waals surface area contributed by atoms with Gasteiger partial charge in [-0.25, -0.2) is 0 Å². The molecule has 1 saturated heterocycles. The van der Waals surface area contributed by atoms with Crippen LogP contribution in [0.2, 0.25) is 6.82 Å². The zero-order chi connectivity index (χ0) is 8.10. The summed E-state index contributed by atoms with van der Waals surface area (Å²) in [7, 11) is -0.363. The number of nitrogens with one attached hydrogen (secondary N) is 2. The molecule has 3 nitrogen and oxygen atoms in total. The van der Waals surface area contributed by atoms with Crippen molar-refractivity contribution in [3.63, 3.8) is 0 Å². The van der Waals surface area contributed by atoms with Crippen LogP contribution in [-0.4, -0.2) is 31.2 Å². The summed E-state index contributed by atoms with van der Waals surface area (Å²) in [5, 5.41) is 15.5. The van der Waals surface area contributed by atoms with E-state index in [-0.39, 0.29) is 7.05 Å². The van der Waals surface area contributed by atoms with Gasteiger partial charge in [0.15, 0.2) is 0 Å². The standard InChI is InChI=1S/C7H17BN2O/c1-8(11)10-7-3-2-5-9-6-4-7/h7,9-11H,2-6H2,1H3/t7-/m0/s1. The predicted octanol–water partition coefficient (Wildman–Crippen LogP) is -0.172. The van der Waals surface area contributed by atoms with E-state index in [4.69, 9.17) is 5.02 Å². The normalized spacial score (nSPS) is 26.2. The third-order valence-corrected chi connectivity index (χ3v) is 2.05. The fourth-order valence-corrected chi connectivity index (χ4v) is 1.53. The van der Waals surface area contributed by atoms with Gasteiger partial charge in [-0.15, -0.1) is 0 Å². The molecule has 0 saturated carbocycles. The highest BCUT2D eigenvalue weighted by atomic mass is 16.2. The first-order chi connectivity index (χ1) is 5.29. The van der Waals surface area contributed by atoms with Gasteiger partial charge in [-0.1, -0.05) is 0 Å². The Morgan fingerprint density at radius 1 is 1.45 bits per heavy atom. The van der Waals surface area contributed by atoms with Gasteiger partial charge in [0.05, 0.1) is 0 Å². The van der Waals surface area contributed by atoms with Crippen LogP contribution in [-0.2, 0) is 0 Å². The Labute approximate surface area is 68.7 Å². The molecular formula is C7H17BN2O. The Morgan fingerprint density at radius 2 is 2.27 bits per heavy atom. The van der Waals surface area contributed by atoms with Crippen molar-refractivity contribution in [3.8, 4) is 0 Å². The summed E-state index contributed by atoms with van der Waals surface area (Å²) < 4.78 is 0. The van der Waals surface area contributed by atoms with Gasteiger partial charge < -0.3 is 15.6 Å². The van der Waals surface area contributed by atoms with E-state index in [9.17, 15) is 0 Å². The lowest BCUT2D eigenvalue weighted by Crippen LogP contribution is -2.40. The van der Waals surface area contributed by atoms with E-state index in [1.807, 2.05) is 0 Å². The van der Waals surface area contributed by atoms with Crippen molar-refractivity contribution in [1.82, 2.24) is 10.5 Å². The van der Waals surface area contributed by atoms with Gasteiger partial charge in [0.2, 0.25) is 0 Å². The lowest BCUT2D eigenvalue weighted by molar-refractivity contribution is 0.488. The van der Waals surface area contributed by atoms with Crippen LogP contribution in [0.5, 0.6) is 0 Å². The van der Waals surface area contributed by atoms with Gasteiger partial charge in [-0.05, 0) is 45.2 Å². The third kappa shape index (κ3) is 3.75. The molecule has 0 aliphatic carbocycles. The van der Waals surface area contributed by atoms with Crippen LogP contribution in [0.25, 0.3) is 0 Å². The summed E-state index contributed by atoms with van der Waals surface area (Å²) >= 11 is 0. The van der Waals surface area contributed by atoms with E-state index in [0.29, 0.717) is 6.04 Å². The topological polar surface area (TPSA) is 44.3 Å². The molecule has 0 unspecified atom stereocenters. The molecule has 64 valence electrons. The molecule has 1 rings (SSSR count). The van der Waals surface area contributed by atoms with Crippen LogP contribution < -0.4 is 10.5 Å². The first-order valence-corrected chi connectivity index (χ1v) is 4.44. The van der Waals surface area contributed by atoms with Crippen molar-refractivity contribution in [2.75, 3.05) is 13.1 Å². The van der Waals surface area contributed by atoms with Gasteiger partial charge in [0.25, 0.3) is 0 Å². The molecule has 1 aliphatic heterocycles. The second kappa shape index (κ2) is 4.75. The maximum absolute atomic E-state index is 9.06. The smallest absolute Gasteiger partial charge is 0.373 e. The summed E-state index contributed by atoms with van der Waals surface area (Å²) in [5.41, 5.74) is 0. The molecule has 3 N–H and O–H groups in total. The lowest BCUT2D eigenvalue weighted by Gasteiger charge is -2.15. The number of rotatable bonds is 2. The average Bonchev–Trinajstić information content (AvgIpc) is 2.14. The second-order valence-electron chi connectivity index (χ2n) is 3.22. The highest BCUT2D eigenvalue weighted by Crippen LogP contribution is 2.04. The van der Waals surface area contributed by atoms with Gasteiger partial charge in [0.1, 0.15) is 0 Å². The first-order valence-electron chi connectivity index (χ1n) is 4.44. The van der Waals surface area contributed by atoms with E-state index in [0.717, 1.165) is 19.5 Å². The minimum absolute atomic E-state index is 0.363. The molecule has 4 heteroatoms. The summed E-state index contributed by atoms with van der Waals surface area (Å²) in [6.07, 6.45) is 3.52. The molecule has 1 heterocycles. The predicted molar refractivity (Wildman–Crippen MR) is 47.5 cm³/mol. The minimum atomic E-state index is -0.363. The maximum atomic E-state index is 9.06. The number of hydrogen-bond donors (Lipinski definition) is 3. The zero-order valence-corrected chi connectivity index (χ0v) is 7.14. The molecule has 0 bridgehead atoms. The van der Waals surface area contributed by atoms with Crippen LogP contribution in [0.3, 0.4) is 0 Å². The largest absolute Gasteiger partial charge is 0.437 e. The second-order valence-corrected chi connectivity index (χ2v) is 3.22. The molecular weight excluding hydrogens is 139 g/mol. The molecule has 1 atom stereocenters. The fraction of sp³-hybridized carbons (Fsp3) is 1.00. The van der Waals surface area contributed by atoms with Crippen LogP contribution >= 0.6 is 0 Å². The highest BCUT2D eigenvalue weighted by Gasteiger charge is 2.14. The molecule has 1 aliphatic rings. The Kier molecular flexibility index (Phi) is 3.90. The van der Waals surface area contributed by atoms with E-state index < -0.39 is 0 Å². The fourth-order valence-electron chi connectivity index (χ4n) is 1.53. The minimum Gasteiger partial charge on any atom is -0.437 e. The van der Waals surface area contributed by atoms with Crippen molar-refractivity contribution in [1.29, 1.82) is 0 Å². The van der Waals surface area contributed by atoms with Crippen LogP contribution in [0.4, 0.5) is 0 Å². The van der Waals surface area contributed by atoms with Crippen LogP contribution in [0, 0.1) is 0 Å². The molecule has 0 radical (unpaired) electrons. The van der Waals surface area contributed by atoms with Crippen molar-refractivity contribution in [2.24, 2.45) is 0 Å². The molecule has 0 aromatic rings. The monoisotopic (exact) mass is 156 g/mol. The molecule has 0 amide bonds. The summed E-state index contributed by atoms with van der Waals surface area (Å²) in [5.74, 6) is 0. The average molecular weight is 156 g/mol. The van der Waals surface area contributed by atoms with E-state index in [1.54, 1.807) is 6.82 Å². The lowest BCUT2D eigenvalue weighted by atomic mass is 9.86. The van der Waals surface area contributed by atoms with E-state index in [2.05, 4.69) is 10.5 Å². The SMILES string of the molecule is CB(O)N[C@H]1CCCNCC1. The van der Waals surface area contributed by atoms with Crippen molar-refractivity contribution < 1.29 is 5.02 Å². The summed E-state index contributed by atoms with van der Waals surface area (Å²) in [6, 6.07) is 0.505. The molecule has 1 fully saturated rings. The van der Waals surface area contributed by atoms with Crippen LogP contribution in [0.15, 0.2) is 0 Å². The van der Waals surface area contributed by atoms with Crippen molar-refractivity contribution in [3.05, 3.63) is 0 Å². The van der Waals surface area contributed by atoms with E-state index >= 15 is 0 Å². The number of hydrogen-bond acceptors (Lipinski definition) is 3. The van der Waals surface area contributed by atoms with Crippen molar-refractivity contribution in [2.45, 2.75) is 32.1 Å². The molecule has 0 spiro atoms.